The Hall–Kier alpha value is -4.17. The second-order valence-electron chi connectivity index (χ2n) is 8.35. The first-order valence-electron chi connectivity index (χ1n) is 11.8. The average molecular weight is 486 g/mol. The fourth-order valence-corrected chi connectivity index (χ4v) is 4.14. The van der Waals surface area contributed by atoms with E-state index in [1.54, 1.807) is 19.4 Å². The molecule has 2 heterocycles. The van der Waals surface area contributed by atoms with Crippen LogP contribution in [0.1, 0.15) is 24.1 Å². The first kappa shape index (κ1) is 24.9. The molecule has 1 amide bonds. The van der Waals surface area contributed by atoms with E-state index < -0.39 is 0 Å². The Kier molecular flexibility index (Phi) is 7.97. The third-order valence-corrected chi connectivity index (χ3v) is 6.08. The smallest absolute Gasteiger partial charge is 0.247 e. The summed E-state index contributed by atoms with van der Waals surface area (Å²) in [5.41, 5.74) is 5.74. The summed E-state index contributed by atoms with van der Waals surface area (Å²) in [7, 11) is 1.64. The summed E-state index contributed by atoms with van der Waals surface area (Å²) in [4.78, 5) is 23.2. The fourth-order valence-electron chi connectivity index (χ4n) is 4.14. The van der Waals surface area contributed by atoms with Crippen molar-refractivity contribution in [3.8, 4) is 5.75 Å². The number of amides is 1. The highest BCUT2D eigenvalue weighted by atomic mass is 16.5. The molecule has 1 saturated heterocycles. The van der Waals surface area contributed by atoms with Gasteiger partial charge in [-0.15, -0.1) is 0 Å². The van der Waals surface area contributed by atoms with E-state index in [-0.39, 0.29) is 5.91 Å². The lowest BCUT2D eigenvalue weighted by Gasteiger charge is -2.29. The number of hydrogen-bond acceptors (Lipinski definition) is 7. The van der Waals surface area contributed by atoms with E-state index in [1.807, 2.05) is 30.4 Å². The Morgan fingerprint density at radius 2 is 2.06 bits per heavy atom. The van der Waals surface area contributed by atoms with Crippen LogP contribution < -0.4 is 20.3 Å². The van der Waals surface area contributed by atoms with Gasteiger partial charge in [-0.25, -0.2) is 9.97 Å². The largest absolute Gasteiger partial charge is 0.494 e. The van der Waals surface area contributed by atoms with E-state index in [0.717, 1.165) is 59.7 Å². The lowest BCUT2D eigenvalue weighted by Crippen LogP contribution is -2.36. The summed E-state index contributed by atoms with van der Waals surface area (Å²) in [5.74, 6) is 0.859. The van der Waals surface area contributed by atoms with Gasteiger partial charge >= 0.3 is 0 Å². The molecule has 4 rings (SSSR count). The van der Waals surface area contributed by atoms with E-state index in [9.17, 15) is 4.79 Å². The van der Waals surface area contributed by atoms with Crippen molar-refractivity contribution in [3.05, 3.63) is 84.9 Å². The molecule has 1 fully saturated rings. The van der Waals surface area contributed by atoms with Gasteiger partial charge in [0.2, 0.25) is 11.9 Å². The van der Waals surface area contributed by atoms with Crippen LogP contribution in [0.4, 0.5) is 17.3 Å². The van der Waals surface area contributed by atoms with Crippen LogP contribution in [-0.2, 0) is 9.53 Å². The Balaban J connectivity index is 1.58. The molecule has 1 aliphatic heterocycles. The molecular weight excluding hydrogens is 454 g/mol. The number of anilines is 3. The predicted octanol–water partition coefficient (Wildman–Crippen LogP) is 4.63. The zero-order valence-electron chi connectivity index (χ0n) is 20.5. The molecule has 0 saturated carbocycles. The van der Waals surface area contributed by atoms with Gasteiger partial charge in [-0.3, -0.25) is 4.79 Å². The Bertz CT molecular complexity index is 1240. The second kappa shape index (κ2) is 11.5. The summed E-state index contributed by atoms with van der Waals surface area (Å²) >= 11 is 0. The van der Waals surface area contributed by atoms with Gasteiger partial charge in [0, 0.05) is 42.3 Å². The number of allylic oxidation sites excluding steroid dienone is 4. The van der Waals surface area contributed by atoms with Crippen LogP contribution in [-0.4, -0.2) is 49.3 Å². The maximum atomic E-state index is 11.7. The van der Waals surface area contributed by atoms with Crippen molar-refractivity contribution in [2.24, 2.45) is 0 Å². The minimum atomic E-state index is -0.252. The number of carbonyl (C=O) groups excluding carboxylic acids is 1. The third-order valence-electron chi connectivity index (χ3n) is 6.08. The molecule has 186 valence electrons. The number of aromatic nitrogens is 2. The SMILES string of the molecule is C=CC(=O)NC1=CCCC(C(=C)c2nc(Nc3ccc(N4CCOCC4)cc3OC)ncc2C=C)=C1. The molecule has 2 aliphatic rings. The lowest BCUT2D eigenvalue weighted by molar-refractivity contribution is -0.115. The van der Waals surface area contributed by atoms with Gasteiger partial charge in [0.25, 0.3) is 0 Å². The van der Waals surface area contributed by atoms with Crippen molar-refractivity contribution in [2.75, 3.05) is 43.6 Å². The molecule has 8 nitrogen and oxygen atoms in total. The maximum absolute atomic E-state index is 11.7. The Morgan fingerprint density at radius 3 is 2.78 bits per heavy atom. The van der Waals surface area contributed by atoms with E-state index in [4.69, 9.17) is 14.5 Å². The molecule has 36 heavy (non-hydrogen) atoms. The topological polar surface area (TPSA) is 88.6 Å². The van der Waals surface area contributed by atoms with Crippen LogP contribution in [0.5, 0.6) is 5.75 Å². The van der Waals surface area contributed by atoms with Gasteiger partial charge in [0.1, 0.15) is 5.75 Å². The maximum Gasteiger partial charge on any atom is 0.247 e. The molecule has 1 aromatic heterocycles. The average Bonchev–Trinajstić information content (AvgIpc) is 2.93. The summed E-state index contributed by atoms with van der Waals surface area (Å²) in [6.07, 6.45) is 10.1. The van der Waals surface area contributed by atoms with Crippen LogP contribution >= 0.6 is 0 Å². The molecule has 0 radical (unpaired) electrons. The number of benzene rings is 1. The van der Waals surface area contributed by atoms with Crippen LogP contribution in [0, 0.1) is 0 Å². The highest BCUT2D eigenvalue weighted by molar-refractivity contribution is 5.89. The molecular formula is C28H31N5O3. The predicted molar refractivity (Wildman–Crippen MR) is 144 cm³/mol. The normalized spacial score (nSPS) is 15.3. The third kappa shape index (κ3) is 5.72. The molecule has 2 aromatic rings. The van der Waals surface area contributed by atoms with Crippen LogP contribution in [0.25, 0.3) is 11.6 Å². The van der Waals surface area contributed by atoms with Gasteiger partial charge in [0.15, 0.2) is 0 Å². The molecule has 0 atom stereocenters. The van der Waals surface area contributed by atoms with Crippen LogP contribution in [0.15, 0.2) is 73.6 Å². The summed E-state index contributed by atoms with van der Waals surface area (Å²) < 4.78 is 11.1. The molecule has 0 bridgehead atoms. The summed E-state index contributed by atoms with van der Waals surface area (Å²) in [6, 6.07) is 6.02. The lowest BCUT2D eigenvalue weighted by atomic mass is 9.93. The van der Waals surface area contributed by atoms with E-state index in [1.165, 1.54) is 6.08 Å². The molecule has 0 unspecified atom stereocenters. The van der Waals surface area contributed by atoms with Crippen LogP contribution in [0.3, 0.4) is 0 Å². The van der Waals surface area contributed by atoms with Crippen molar-refractivity contribution < 1.29 is 14.3 Å². The highest BCUT2D eigenvalue weighted by Gasteiger charge is 2.17. The number of ether oxygens (including phenoxy) is 2. The quantitative estimate of drug-likeness (QED) is 0.501. The van der Waals surface area contributed by atoms with Gasteiger partial charge in [-0.1, -0.05) is 31.9 Å². The number of rotatable bonds is 9. The number of carbonyl (C=O) groups is 1. The summed E-state index contributed by atoms with van der Waals surface area (Å²) in [5, 5.41) is 6.10. The van der Waals surface area contributed by atoms with Crippen molar-refractivity contribution >= 4 is 34.9 Å². The van der Waals surface area contributed by atoms with Gasteiger partial charge in [0.05, 0.1) is 31.7 Å². The first-order chi connectivity index (χ1) is 17.5. The molecule has 1 aromatic carbocycles. The number of morpholine rings is 1. The Labute approximate surface area is 211 Å². The van der Waals surface area contributed by atoms with Crippen molar-refractivity contribution in [1.82, 2.24) is 15.3 Å². The van der Waals surface area contributed by atoms with Gasteiger partial charge in [-0.2, -0.15) is 0 Å². The zero-order valence-corrected chi connectivity index (χ0v) is 20.5. The van der Waals surface area contributed by atoms with Crippen molar-refractivity contribution in [2.45, 2.75) is 12.8 Å². The zero-order chi connectivity index (χ0) is 25.5. The molecule has 0 spiro atoms. The number of nitrogens with one attached hydrogen (secondary N) is 2. The molecule has 2 N–H and O–H groups in total. The minimum absolute atomic E-state index is 0.252. The summed E-state index contributed by atoms with van der Waals surface area (Å²) in [6.45, 7) is 14.8. The van der Waals surface area contributed by atoms with E-state index in [0.29, 0.717) is 30.6 Å². The standard InChI is InChI=1S/C28H31N5O3/c1-5-20-18-29-28(31-24-11-10-23(17-25(24)35-4)33-12-14-36-15-13-33)32-27(20)19(3)21-8-7-9-22(16-21)30-26(34)6-2/h5-6,9-11,16-18H,1-3,7-8,12-15H2,4H3,(H,30,34)(H,29,31,32). The number of nitrogens with zero attached hydrogens (tertiary/aromatic N) is 3. The van der Waals surface area contributed by atoms with Crippen molar-refractivity contribution in [3.63, 3.8) is 0 Å². The van der Waals surface area contributed by atoms with Gasteiger partial charge in [-0.05, 0) is 48.3 Å². The number of methoxy groups -OCH3 is 1. The van der Waals surface area contributed by atoms with E-state index in [2.05, 4.69) is 40.3 Å². The van der Waals surface area contributed by atoms with Crippen LogP contribution in [0.2, 0.25) is 0 Å². The first-order valence-corrected chi connectivity index (χ1v) is 11.8. The Morgan fingerprint density at radius 1 is 1.25 bits per heavy atom. The number of hydrogen-bond donors (Lipinski definition) is 2. The molecule has 1 aliphatic carbocycles. The van der Waals surface area contributed by atoms with Gasteiger partial charge < -0.3 is 25.0 Å². The van der Waals surface area contributed by atoms with E-state index >= 15 is 0 Å². The monoisotopic (exact) mass is 485 g/mol. The fraction of sp³-hybridized carbons (Fsp3) is 0.250. The van der Waals surface area contributed by atoms with Crippen molar-refractivity contribution in [1.29, 1.82) is 0 Å². The minimum Gasteiger partial charge on any atom is -0.494 e. The highest BCUT2D eigenvalue weighted by Crippen LogP contribution is 2.34. The second-order valence-corrected chi connectivity index (χ2v) is 8.35. The molecule has 8 heteroatoms.